The van der Waals surface area contributed by atoms with Crippen molar-refractivity contribution in [1.29, 1.82) is 0 Å². The van der Waals surface area contributed by atoms with Gasteiger partial charge in [-0.3, -0.25) is 9.59 Å². The lowest BCUT2D eigenvalue weighted by atomic mass is 10.1. The number of aromatic nitrogens is 1. The minimum Gasteiger partial charge on any atom is -0.489 e. The molecule has 0 aliphatic rings. The number of nitrogens with zero attached hydrogens (tertiary/aromatic N) is 1. The summed E-state index contributed by atoms with van der Waals surface area (Å²) < 4.78 is 11.6. The Morgan fingerprint density at radius 2 is 1.50 bits per heavy atom. The maximum absolute atomic E-state index is 12.4. The summed E-state index contributed by atoms with van der Waals surface area (Å²) in [6, 6.07) is 24.0. The van der Waals surface area contributed by atoms with E-state index in [1.807, 2.05) is 24.3 Å². The lowest BCUT2D eigenvalue weighted by Gasteiger charge is -2.12. The molecule has 0 saturated carbocycles. The summed E-state index contributed by atoms with van der Waals surface area (Å²) in [5.74, 6) is -0.0814. The monoisotopic (exact) mass is 511 g/mol. The van der Waals surface area contributed by atoms with Crippen LogP contribution in [0.15, 0.2) is 91.1 Å². The fourth-order valence-electron chi connectivity index (χ4n) is 3.58. The van der Waals surface area contributed by atoms with Crippen LogP contribution in [0.3, 0.4) is 0 Å². The molecule has 0 spiro atoms. The molecule has 9 nitrogen and oxygen atoms in total. The first-order valence-electron chi connectivity index (χ1n) is 11.7. The Kier molecular flexibility index (Phi) is 8.30. The Hall–Kier alpha value is -5.18. The Bertz CT molecular complexity index is 1440. The molecule has 0 radical (unpaired) electrons. The van der Waals surface area contributed by atoms with Crippen molar-refractivity contribution in [3.05, 3.63) is 108 Å². The van der Waals surface area contributed by atoms with Gasteiger partial charge in [0.1, 0.15) is 18.1 Å². The van der Waals surface area contributed by atoms with Crippen molar-refractivity contribution in [2.24, 2.45) is 0 Å². The van der Waals surface area contributed by atoms with E-state index >= 15 is 0 Å². The molecule has 1 heterocycles. The van der Waals surface area contributed by atoms with Crippen LogP contribution in [0, 0.1) is 0 Å². The third kappa shape index (κ3) is 7.17. The maximum Gasteiger partial charge on any atom is 0.337 e. The second-order valence-electron chi connectivity index (χ2n) is 8.28. The third-order valence-corrected chi connectivity index (χ3v) is 5.36. The topological polar surface area (TPSA) is 127 Å². The van der Waals surface area contributed by atoms with Gasteiger partial charge in [-0.15, -0.1) is 0 Å². The average Bonchev–Trinajstić information content (AvgIpc) is 2.90. The van der Waals surface area contributed by atoms with Crippen LogP contribution in [0.2, 0.25) is 0 Å². The van der Waals surface area contributed by atoms with E-state index < -0.39 is 5.97 Å². The number of pyridine rings is 1. The molecule has 3 aromatic carbocycles. The van der Waals surface area contributed by atoms with E-state index in [2.05, 4.69) is 15.6 Å². The molecular weight excluding hydrogens is 486 g/mol. The molecule has 3 N–H and O–H groups in total. The molecule has 1 aromatic heterocycles. The summed E-state index contributed by atoms with van der Waals surface area (Å²) in [7, 11) is 0. The van der Waals surface area contributed by atoms with Gasteiger partial charge in [-0.1, -0.05) is 36.4 Å². The lowest BCUT2D eigenvalue weighted by Crippen LogP contribution is -2.16. The first-order valence-corrected chi connectivity index (χ1v) is 11.7. The highest BCUT2D eigenvalue weighted by molar-refractivity contribution is 6.01. The first-order chi connectivity index (χ1) is 18.4. The smallest absolute Gasteiger partial charge is 0.337 e. The molecule has 2 amide bonds. The summed E-state index contributed by atoms with van der Waals surface area (Å²) in [5, 5.41) is 14.7. The number of carboxylic acids is 1. The second-order valence-corrected chi connectivity index (χ2v) is 8.28. The third-order valence-electron chi connectivity index (χ3n) is 5.36. The van der Waals surface area contributed by atoms with Gasteiger partial charge < -0.3 is 25.2 Å². The van der Waals surface area contributed by atoms with Gasteiger partial charge >= 0.3 is 5.97 Å². The number of hydrogen-bond donors (Lipinski definition) is 3. The molecule has 192 valence electrons. The molecule has 0 atom stereocenters. The zero-order valence-corrected chi connectivity index (χ0v) is 20.5. The highest BCUT2D eigenvalue weighted by atomic mass is 16.5. The van der Waals surface area contributed by atoms with E-state index in [1.165, 1.54) is 25.3 Å². The number of hydrogen-bond acceptors (Lipinski definition) is 6. The van der Waals surface area contributed by atoms with Crippen molar-refractivity contribution >= 4 is 29.2 Å². The number of para-hydroxylation sites is 2. The molecule has 0 fully saturated rings. The SMILES string of the molecule is CC(=O)Nc1ccccc1COc1ccc(Oc2ccc(CC(=O)Nc3ccccc3C(=O)O)cn2)cc1. The highest BCUT2D eigenvalue weighted by Crippen LogP contribution is 2.24. The van der Waals surface area contributed by atoms with E-state index in [4.69, 9.17) is 9.47 Å². The molecule has 9 heteroatoms. The van der Waals surface area contributed by atoms with E-state index in [0.717, 1.165) is 5.56 Å². The van der Waals surface area contributed by atoms with Crippen molar-refractivity contribution < 1.29 is 29.0 Å². The van der Waals surface area contributed by atoms with Gasteiger partial charge in [0, 0.05) is 30.4 Å². The molecule has 4 aromatic rings. The normalized spacial score (nSPS) is 10.3. The molecule has 0 unspecified atom stereocenters. The van der Waals surface area contributed by atoms with Gasteiger partial charge in [-0.25, -0.2) is 9.78 Å². The van der Waals surface area contributed by atoms with Crippen LogP contribution in [0.5, 0.6) is 17.4 Å². The predicted molar refractivity (Wildman–Crippen MR) is 142 cm³/mol. The second kappa shape index (κ2) is 12.2. The number of benzene rings is 3. The van der Waals surface area contributed by atoms with Crippen LogP contribution >= 0.6 is 0 Å². The van der Waals surface area contributed by atoms with Crippen LogP contribution in [0.4, 0.5) is 11.4 Å². The number of carbonyl (C=O) groups is 3. The molecule has 0 aliphatic heterocycles. The maximum atomic E-state index is 12.4. The quantitative estimate of drug-likeness (QED) is 0.264. The summed E-state index contributed by atoms with van der Waals surface area (Å²) in [6.45, 7) is 1.75. The van der Waals surface area contributed by atoms with Gasteiger partial charge in [-0.2, -0.15) is 0 Å². The van der Waals surface area contributed by atoms with Crippen molar-refractivity contribution in [2.75, 3.05) is 10.6 Å². The Morgan fingerprint density at radius 3 is 2.18 bits per heavy atom. The number of aromatic carboxylic acids is 1. The van der Waals surface area contributed by atoms with Crippen molar-refractivity contribution in [3.8, 4) is 17.4 Å². The van der Waals surface area contributed by atoms with Gasteiger partial charge in [-0.05, 0) is 48.0 Å². The van der Waals surface area contributed by atoms with Gasteiger partial charge in [0.05, 0.1) is 17.7 Å². The number of nitrogens with one attached hydrogen (secondary N) is 2. The molecule has 4 rings (SSSR count). The molecule has 0 bridgehead atoms. The standard InChI is InChI=1S/C29H25N3O6/c1-19(33)31-25-8-4-2-6-21(25)18-37-22-11-13-23(14-12-22)38-28-15-10-20(17-30-28)16-27(34)32-26-9-5-3-7-24(26)29(35)36/h2-15,17H,16,18H2,1H3,(H,31,33)(H,32,34)(H,35,36). The van der Waals surface area contributed by atoms with E-state index in [0.29, 0.717) is 28.6 Å². The van der Waals surface area contributed by atoms with Gasteiger partial charge in [0.2, 0.25) is 17.7 Å². The highest BCUT2D eigenvalue weighted by Gasteiger charge is 2.12. The predicted octanol–water partition coefficient (Wildman–Crippen LogP) is 5.29. The number of ether oxygens (including phenoxy) is 2. The van der Waals surface area contributed by atoms with Crippen molar-refractivity contribution in [3.63, 3.8) is 0 Å². The fourth-order valence-corrected chi connectivity index (χ4v) is 3.58. The number of carbonyl (C=O) groups excluding carboxylic acids is 2. The minimum absolute atomic E-state index is 0.0222. The molecule has 0 aliphatic carbocycles. The number of anilines is 2. The fraction of sp³-hybridized carbons (Fsp3) is 0.103. The van der Waals surface area contributed by atoms with E-state index in [-0.39, 0.29) is 36.1 Å². The average molecular weight is 512 g/mol. The van der Waals surface area contributed by atoms with Crippen LogP contribution in [-0.2, 0) is 22.6 Å². The van der Waals surface area contributed by atoms with E-state index in [1.54, 1.807) is 48.5 Å². The van der Waals surface area contributed by atoms with Gasteiger partial charge in [0.25, 0.3) is 0 Å². The zero-order chi connectivity index (χ0) is 26.9. The Balaban J connectivity index is 1.30. The molecule has 0 saturated heterocycles. The number of amides is 2. The minimum atomic E-state index is -1.11. The zero-order valence-electron chi connectivity index (χ0n) is 20.5. The Morgan fingerprint density at radius 1 is 0.816 bits per heavy atom. The number of rotatable bonds is 10. The summed E-state index contributed by atoms with van der Waals surface area (Å²) in [4.78, 5) is 39.3. The van der Waals surface area contributed by atoms with Gasteiger partial charge in [0.15, 0.2) is 0 Å². The van der Waals surface area contributed by atoms with Crippen molar-refractivity contribution in [1.82, 2.24) is 4.98 Å². The van der Waals surface area contributed by atoms with Crippen LogP contribution in [0.1, 0.15) is 28.4 Å². The molecular formula is C29H25N3O6. The molecule has 38 heavy (non-hydrogen) atoms. The van der Waals surface area contributed by atoms with Crippen molar-refractivity contribution in [2.45, 2.75) is 20.0 Å². The van der Waals surface area contributed by atoms with E-state index in [9.17, 15) is 19.5 Å². The van der Waals surface area contributed by atoms with Crippen LogP contribution < -0.4 is 20.1 Å². The van der Waals surface area contributed by atoms with Crippen LogP contribution in [-0.4, -0.2) is 27.9 Å². The largest absolute Gasteiger partial charge is 0.489 e. The van der Waals surface area contributed by atoms with Crippen LogP contribution in [0.25, 0.3) is 0 Å². The summed E-state index contributed by atoms with van der Waals surface area (Å²) in [6.07, 6.45) is 1.56. The number of carboxylic acid groups (broad SMARTS) is 1. The summed E-state index contributed by atoms with van der Waals surface area (Å²) in [5.41, 5.74) is 2.46. The summed E-state index contributed by atoms with van der Waals surface area (Å²) >= 11 is 0. The Labute approximate surface area is 219 Å². The first kappa shape index (κ1) is 25.9. The lowest BCUT2D eigenvalue weighted by molar-refractivity contribution is -0.116.